The van der Waals surface area contributed by atoms with Crippen molar-refractivity contribution in [2.45, 2.75) is 84.0 Å². The number of aromatic nitrogens is 6. The molecule has 290 valence electrons. The van der Waals surface area contributed by atoms with E-state index in [1.165, 1.54) is 12.7 Å². The number of nitrogens with two attached hydrogens (primary N) is 2. The molecule has 1 unspecified atom stereocenters. The Labute approximate surface area is 327 Å². The van der Waals surface area contributed by atoms with Gasteiger partial charge in [0.15, 0.2) is 17.7 Å². The highest BCUT2D eigenvalue weighted by Gasteiger charge is 2.55. The van der Waals surface area contributed by atoms with Crippen LogP contribution in [0.1, 0.15) is 57.4 Å². The molecule has 0 amide bonds. The number of ether oxygens (including phenoxy) is 4. The molecule has 2 aliphatic heterocycles. The molecule has 0 radical (unpaired) electrons. The Morgan fingerprint density at radius 2 is 1.31 bits per heavy atom. The lowest BCUT2D eigenvalue weighted by Gasteiger charge is -2.29. The lowest BCUT2D eigenvalue weighted by Crippen LogP contribution is -2.41. The molecule has 15 heteroatoms. The van der Waals surface area contributed by atoms with Gasteiger partial charge in [-0.05, 0) is 64.2 Å². The van der Waals surface area contributed by atoms with Gasteiger partial charge in [-0.15, -0.1) is 0 Å². The highest BCUT2D eigenvalue weighted by Crippen LogP contribution is 2.44. The van der Waals surface area contributed by atoms with Crippen LogP contribution in [-0.2, 0) is 42.7 Å². The molecule has 55 heavy (non-hydrogen) atoms. The molecule has 6 aromatic rings. The van der Waals surface area contributed by atoms with E-state index in [1.54, 1.807) is 21.2 Å². The number of nitrogens with zero attached hydrogens (tertiary/aromatic N) is 6. The fraction of sp³-hybridized carbons (Fsp3) is 0.375. The first-order valence-electron chi connectivity index (χ1n) is 18.3. The molecule has 2 aliphatic rings. The van der Waals surface area contributed by atoms with Crippen molar-refractivity contribution in [2.24, 2.45) is 11.8 Å². The number of hydrogen-bond donors (Lipinski definition) is 3. The quantitative estimate of drug-likeness (QED) is 0.143. The summed E-state index contributed by atoms with van der Waals surface area (Å²) >= 11 is 3.32. The van der Waals surface area contributed by atoms with E-state index in [-0.39, 0.29) is 30.0 Å². The second-order valence-electron chi connectivity index (χ2n) is 13.6. The Morgan fingerprint density at radius 3 is 1.87 bits per heavy atom. The van der Waals surface area contributed by atoms with Crippen LogP contribution >= 0.6 is 15.9 Å². The second-order valence-corrected chi connectivity index (χ2v) is 14.4. The lowest BCUT2D eigenvalue weighted by molar-refractivity contribution is -0.251. The molecule has 4 aromatic heterocycles. The van der Waals surface area contributed by atoms with E-state index < -0.39 is 18.0 Å². The number of cyclic esters (lactones) is 1. The van der Waals surface area contributed by atoms with Gasteiger partial charge >= 0.3 is 5.97 Å². The van der Waals surface area contributed by atoms with Gasteiger partial charge in [0.25, 0.3) is 0 Å². The van der Waals surface area contributed by atoms with Crippen molar-refractivity contribution in [3.63, 3.8) is 0 Å². The normalized spacial score (nSPS) is 24.6. The van der Waals surface area contributed by atoms with Crippen LogP contribution in [0.2, 0.25) is 0 Å². The first kappa shape index (κ1) is 39.8. The fourth-order valence-electron chi connectivity index (χ4n) is 6.96. The highest BCUT2D eigenvalue weighted by atomic mass is 79.9. The standard InChI is InChI=1S/C20H24N4O3.C14H18O3.C6H5BrN4/c1-3-16-13(2)18(26-11-14-7-5-4-6-8-14)20(25,27-16)17-10-9-15-19(21)22-12-23-24(15)17;1-3-12-10(2)13(14(15)17-12)16-9-11-7-5-4-6-8-11;7-5-2-1-4-6(8)9-3-10-11(4)5/h4-10,12-13,16,18,25H,3,11H2,1-2H3,(H2,21,22,23);4-8,10,12-13H,3,9H2,1-2H3;1-3H,(H2,8,9,10)/t13-,16-,18-,20?;10-,12-,13-;/m11./s1. The van der Waals surface area contributed by atoms with Crippen molar-refractivity contribution in [1.82, 2.24) is 29.2 Å². The molecule has 6 heterocycles. The molecular formula is C40H47BrN8O6. The molecule has 2 saturated heterocycles. The minimum absolute atomic E-state index is 0.00303. The zero-order valence-electron chi connectivity index (χ0n) is 31.2. The molecule has 0 saturated carbocycles. The third-order valence-corrected chi connectivity index (χ3v) is 10.6. The summed E-state index contributed by atoms with van der Waals surface area (Å²) in [6.07, 6.45) is 3.33. The maximum absolute atomic E-state index is 11.6. The van der Waals surface area contributed by atoms with E-state index in [4.69, 9.17) is 30.4 Å². The summed E-state index contributed by atoms with van der Waals surface area (Å²) in [5.41, 5.74) is 15.6. The van der Waals surface area contributed by atoms with Crippen LogP contribution in [0.3, 0.4) is 0 Å². The molecule has 5 N–H and O–H groups in total. The van der Waals surface area contributed by atoms with Crippen LogP contribution in [0.5, 0.6) is 0 Å². The van der Waals surface area contributed by atoms with Crippen LogP contribution in [0.4, 0.5) is 11.6 Å². The van der Waals surface area contributed by atoms with E-state index in [9.17, 15) is 9.90 Å². The van der Waals surface area contributed by atoms with E-state index in [0.717, 1.165) is 34.1 Å². The van der Waals surface area contributed by atoms with Gasteiger partial charge in [0.2, 0.25) is 5.79 Å². The van der Waals surface area contributed by atoms with Gasteiger partial charge in [0.05, 0.1) is 19.3 Å². The average molecular weight is 816 g/mol. The van der Waals surface area contributed by atoms with Crippen molar-refractivity contribution in [3.05, 3.63) is 119 Å². The van der Waals surface area contributed by atoms with Gasteiger partial charge in [-0.25, -0.2) is 23.8 Å². The maximum Gasteiger partial charge on any atom is 0.335 e. The Hall–Kier alpha value is -4.93. The Kier molecular flexibility index (Phi) is 12.8. The predicted octanol–water partition coefficient (Wildman–Crippen LogP) is 6.10. The smallest absolute Gasteiger partial charge is 0.335 e. The van der Waals surface area contributed by atoms with Crippen molar-refractivity contribution in [3.8, 4) is 0 Å². The van der Waals surface area contributed by atoms with Crippen molar-refractivity contribution in [2.75, 3.05) is 11.5 Å². The summed E-state index contributed by atoms with van der Waals surface area (Å²) in [7, 11) is 0. The average Bonchev–Trinajstić information content (AvgIpc) is 3.95. The largest absolute Gasteiger partial charge is 0.460 e. The first-order chi connectivity index (χ1) is 26.5. The van der Waals surface area contributed by atoms with Crippen molar-refractivity contribution >= 4 is 44.6 Å². The summed E-state index contributed by atoms with van der Waals surface area (Å²) in [5, 5.41) is 19.8. The molecule has 2 aromatic carbocycles. The Bertz CT molecular complexity index is 2170. The van der Waals surface area contributed by atoms with Gasteiger partial charge in [-0.1, -0.05) is 88.4 Å². The number of halogens is 1. The molecule has 2 fully saturated rings. The molecule has 7 atom stereocenters. The summed E-state index contributed by atoms with van der Waals surface area (Å²) < 4.78 is 27.4. The lowest BCUT2D eigenvalue weighted by atomic mass is 9.93. The van der Waals surface area contributed by atoms with Gasteiger partial charge in [0, 0.05) is 11.8 Å². The maximum atomic E-state index is 11.6. The zero-order chi connectivity index (χ0) is 39.1. The summed E-state index contributed by atoms with van der Waals surface area (Å²) in [4.78, 5) is 19.5. The van der Waals surface area contributed by atoms with E-state index >= 15 is 0 Å². The molecule has 0 spiro atoms. The third kappa shape index (κ3) is 8.66. The second kappa shape index (κ2) is 17.7. The molecular weight excluding hydrogens is 768 g/mol. The van der Waals surface area contributed by atoms with Crippen LogP contribution < -0.4 is 11.5 Å². The minimum atomic E-state index is -1.62. The fourth-order valence-corrected chi connectivity index (χ4v) is 7.37. The van der Waals surface area contributed by atoms with Gasteiger partial charge in [-0.3, -0.25) is 0 Å². The van der Waals surface area contributed by atoms with Crippen LogP contribution in [-0.4, -0.2) is 64.7 Å². The third-order valence-electron chi connectivity index (χ3n) is 9.98. The van der Waals surface area contributed by atoms with Crippen LogP contribution in [0.15, 0.2) is 102 Å². The number of aliphatic hydroxyl groups is 1. The number of benzene rings is 2. The van der Waals surface area contributed by atoms with E-state index in [0.29, 0.717) is 36.1 Å². The van der Waals surface area contributed by atoms with E-state index in [1.807, 2.05) is 100 Å². The number of anilines is 2. The predicted molar refractivity (Wildman–Crippen MR) is 210 cm³/mol. The summed E-state index contributed by atoms with van der Waals surface area (Å²) in [6.45, 7) is 8.96. The SMILES string of the molecule is CC[C@H]1OC(=O)[C@H](OCc2ccccc2)[C@@H]1C.CC[C@H]1OC(O)(c2ccc3c(N)ncnn23)[C@H](OCc2ccccc2)[C@@H]1C.Nc1ncnn2c(Br)ccc12. The molecule has 8 rings (SSSR count). The zero-order valence-corrected chi connectivity index (χ0v) is 32.8. The van der Waals surface area contributed by atoms with Crippen LogP contribution in [0, 0.1) is 11.8 Å². The number of esters is 1. The summed E-state index contributed by atoms with van der Waals surface area (Å²) in [5.74, 6) is -0.863. The topological polar surface area (TPSA) is 187 Å². The number of carbonyl (C=O) groups is 1. The number of carbonyl (C=O) groups excluding carboxylic acids is 1. The van der Waals surface area contributed by atoms with Gasteiger partial charge < -0.3 is 35.5 Å². The number of hydrogen-bond acceptors (Lipinski definition) is 12. The van der Waals surface area contributed by atoms with Crippen molar-refractivity contribution < 1.29 is 28.8 Å². The molecule has 0 bridgehead atoms. The monoisotopic (exact) mass is 814 g/mol. The van der Waals surface area contributed by atoms with E-state index in [2.05, 4.69) is 36.1 Å². The highest BCUT2D eigenvalue weighted by molar-refractivity contribution is 9.10. The van der Waals surface area contributed by atoms with Crippen molar-refractivity contribution in [1.29, 1.82) is 0 Å². The van der Waals surface area contributed by atoms with Gasteiger partial charge in [-0.2, -0.15) is 10.2 Å². The summed E-state index contributed by atoms with van der Waals surface area (Å²) in [6, 6.07) is 27.0. The minimum Gasteiger partial charge on any atom is -0.460 e. The number of nitrogen functional groups attached to an aromatic ring is 2. The molecule has 0 aliphatic carbocycles. The van der Waals surface area contributed by atoms with Gasteiger partial charge in [0.1, 0.15) is 46.2 Å². The first-order valence-corrected chi connectivity index (χ1v) is 19.1. The number of fused-ring (bicyclic) bond motifs is 2. The molecule has 14 nitrogen and oxygen atoms in total. The number of rotatable bonds is 9. The Morgan fingerprint density at radius 1 is 0.764 bits per heavy atom. The Balaban J connectivity index is 0.000000156. The van der Waals surface area contributed by atoms with Crippen LogP contribution in [0.25, 0.3) is 11.0 Å².